The smallest absolute Gasteiger partial charge is 0.243 e. The largest absolute Gasteiger partial charge is 0.339 e. The molecule has 0 spiro atoms. The summed E-state index contributed by atoms with van der Waals surface area (Å²) in [7, 11) is -3.64. The van der Waals surface area contributed by atoms with Gasteiger partial charge in [0.1, 0.15) is 5.82 Å². The molecule has 11 heteroatoms. The van der Waals surface area contributed by atoms with Crippen LogP contribution in [0.25, 0.3) is 0 Å². The predicted molar refractivity (Wildman–Crippen MR) is 119 cm³/mol. The molecule has 166 valence electrons. The van der Waals surface area contributed by atoms with E-state index in [2.05, 4.69) is 5.32 Å². The van der Waals surface area contributed by atoms with Crippen molar-refractivity contribution in [3.8, 4) is 0 Å². The van der Waals surface area contributed by atoms with Gasteiger partial charge in [-0.2, -0.15) is 4.31 Å². The van der Waals surface area contributed by atoms with Crippen molar-refractivity contribution in [2.75, 3.05) is 43.0 Å². The van der Waals surface area contributed by atoms with Crippen molar-refractivity contribution in [2.24, 2.45) is 0 Å². The highest BCUT2D eigenvalue weighted by Gasteiger charge is 2.30. The van der Waals surface area contributed by atoms with E-state index in [4.69, 9.17) is 11.6 Å². The number of carbonyl (C=O) groups excluding carboxylic acids is 2. The van der Waals surface area contributed by atoms with Crippen LogP contribution in [0.4, 0.5) is 10.1 Å². The topological polar surface area (TPSA) is 86.8 Å². The monoisotopic (exact) mass is 485 g/mol. The minimum Gasteiger partial charge on any atom is -0.339 e. The van der Waals surface area contributed by atoms with Crippen LogP contribution in [0.1, 0.15) is 0 Å². The molecule has 1 saturated heterocycles. The predicted octanol–water partition coefficient (Wildman–Crippen LogP) is 2.68. The Labute approximate surface area is 189 Å². The number of hydrogen-bond acceptors (Lipinski definition) is 5. The molecule has 1 fully saturated rings. The summed E-state index contributed by atoms with van der Waals surface area (Å²) >= 11 is 6.94. The van der Waals surface area contributed by atoms with Crippen LogP contribution in [0.3, 0.4) is 0 Å². The molecule has 1 aliphatic rings. The van der Waals surface area contributed by atoms with Crippen LogP contribution < -0.4 is 5.32 Å². The van der Waals surface area contributed by atoms with E-state index in [0.717, 1.165) is 11.8 Å². The zero-order valence-electron chi connectivity index (χ0n) is 16.5. The molecule has 1 N–H and O–H groups in total. The Kier molecular flexibility index (Phi) is 7.93. The van der Waals surface area contributed by atoms with Gasteiger partial charge in [0, 0.05) is 31.2 Å². The van der Waals surface area contributed by atoms with Crippen LogP contribution in [0.5, 0.6) is 0 Å². The fourth-order valence-corrected chi connectivity index (χ4v) is 5.27. The van der Waals surface area contributed by atoms with E-state index in [9.17, 15) is 22.4 Å². The molecule has 1 aliphatic heterocycles. The Hall–Kier alpha value is -2.14. The van der Waals surface area contributed by atoms with Crippen LogP contribution in [-0.4, -0.2) is 67.1 Å². The zero-order valence-corrected chi connectivity index (χ0v) is 18.9. The van der Waals surface area contributed by atoms with Gasteiger partial charge in [-0.25, -0.2) is 12.8 Å². The van der Waals surface area contributed by atoms with Gasteiger partial charge in [-0.3, -0.25) is 9.59 Å². The third-order valence-corrected chi connectivity index (χ3v) is 7.73. The van der Waals surface area contributed by atoms with Crippen LogP contribution in [0.15, 0.2) is 53.4 Å². The number of thioether (sulfide) groups is 1. The highest BCUT2D eigenvalue weighted by Crippen LogP contribution is 2.20. The summed E-state index contributed by atoms with van der Waals surface area (Å²) in [6.45, 7) is 0.922. The molecule has 0 atom stereocenters. The van der Waals surface area contributed by atoms with E-state index in [1.54, 1.807) is 11.0 Å². The van der Waals surface area contributed by atoms with Gasteiger partial charge in [0.15, 0.2) is 0 Å². The Morgan fingerprint density at radius 1 is 1.00 bits per heavy atom. The van der Waals surface area contributed by atoms with Gasteiger partial charge in [-0.1, -0.05) is 23.7 Å². The molecular formula is C20H21ClFN3O4S2. The maximum atomic E-state index is 13.5. The van der Waals surface area contributed by atoms with Crippen molar-refractivity contribution in [3.63, 3.8) is 0 Å². The first-order valence-corrected chi connectivity index (χ1v) is 12.4. The minimum atomic E-state index is -3.64. The first-order valence-electron chi connectivity index (χ1n) is 9.43. The standard InChI is InChI=1S/C20H21ClFN3O4S2/c21-15-5-7-16(8-6-15)31(28,29)25-11-9-24(10-12-25)20(27)14-30-13-19(26)23-18-4-2-1-3-17(18)22/h1-8H,9-14H2,(H,23,26). The lowest BCUT2D eigenvalue weighted by Gasteiger charge is -2.34. The number of amides is 2. The van der Waals surface area contributed by atoms with E-state index in [-0.39, 0.29) is 54.2 Å². The van der Waals surface area contributed by atoms with Gasteiger partial charge >= 0.3 is 0 Å². The van der Waals surface area contributed by atoms with E-state index >= 15 is 0 Å². The Bertz CT molecular complexity index is 1040. The number of rotatable bonds is 7. The Balaban J connectivity index is 1.43. The Morgan fingerprint density at radius 2 is 1.65 bits per heavy atom. The number of carbonyl (C=O) groups is 2. The second-order valence-corrected chi connectivity index (χ2v) is 10.1. The molecule has 7 nitrogen and oxygen atoms in total. The molecule has 0 aromatic heterocycles. The first kappa shape index (κ1) is 23.5. The summed E-state index contributed by atoms with van der Waals surface area (Å²) in [5, 5.41) is 2.92. The van der Waals surface area contributed by atoms with E-state index in [1.807, 2.05) is 0 Å². The number of para-hydroxylation sites is 1. The molecule has 0 unspecified atom stereocenters. The normalized spacial score (nSPS) is 15.0. The van der Waals surface area contributed by atoms with Crippen LogP contribution >= 0.6 is 23.4 Å². The minimum absolute atomic E-state index is 0.00495. The second kappa shape index (κ2) is 10.4. The summed E-state index contributed by atoms with van der Waals surface area (Å²) in [6, 6.07) is 11.8. The highest BCUT2D eigenvalue weighted by molar-refractivity contribution is 8.00. The summed E-state index contributed by atoms with van der Waals surface area (Å²) in [5.74, 6) is -1.02. The van der Waals surface area contributed by atoms with Crippen molar-refractivity contribution < 1.29 is 22.4 Å². The molecule has 2 amide bonds. The number of piperazine rings is 1. The van der Waals surface area contributed by atoms with Gasteiger partial charge in [-0.15, -0.1) is 11.8 Å². The molecule has 0 radical (unpaired) electrons. The molecule has 31 heavy (non-hydrogen) atoms. The molecule has 2 aromatic rings. The van der Waals surface area contributed by atoms with Crippen LogP contribution in [0, 0.1) is 5.82 Å². The second-order valence-electron chi connectivity index (χ2n) is 6.76. The summed E-state index contributed by atoms with van der Waals surface area (Å²) in [4.78, 5) is 26.1. The first-order chi connectivity index (χ1) is 14.8. The molecule has 0 bridgehead atoms. The third-order valence-electron chi connectivity index (χ3n) is 4.65. The van der Waals surface area contributed by atoms with E-state index < -0.39 is 21.7 Å². The number of halogens is 2. The van der Waals surface area contributed by atoms with Crippen LogP contribution in [0.2, 0.25) is 5.02 Å². The fraction of sp³-hybridized carbons (Fsp3) is 0.300. The maximum absolute atomic E-state index is 13.5. The number of benzene rings is 2. The maximum Gasteiger partial charge on any atom is 0.243 e. The lowest BCUT2D eigenvalue weighted by Crippen LogP contribution is -2.51. The summed E-state index contributed by atoms with van der Waals surface area (Å²) in [6.07, 6.45) is 0. The van der Waals surface area contributed by atoms with E-state index in [1.165, 1.54) is 46.8 Å². The average molecular weight is 486 g/mol. The highest BCUT2D eigenvalue weighted by atomic mass is 35.5. The number of anilines is 1. The number of nitrogens with zero attached hydrogens (tertiary/aromatic N) is 2. The molecule has 1 heterocycles. The van der Waals surface area contributed by atoms with Crippen molar-refractivity contribution in [3.05, 3.63) is 59.4 Å². The molecule has 0 aliphatic carbocycles. The lowest BCUT2D eigenvalue weighted by atomic mass is 10.3. The van der Waals surface area contributed by atoms with Gasteiger partial charge < -0.3 is 10.2 Å². The number of nitrogens with one attached hydrogen (secondary N) is 1. The molecular weight excluding hydrogens is 465 g/mol. The lowest BCUT2D eigenvalue weighted by molar-refractivity contribution is -0.129. The fourth-order valence-electron chi connectivity index (χ4n) is 3.00. The van der Waals surface area contributed by atoms with Gasteiger partial charge in [0.2, 0.25) is 21.8 Å². The SMILES string of the molecule is O=C(CSCC(=O)N1CCN(S(=O)(=O)c2ccc(Cl)cc2)CC1)Nc1ccccc1F. The average Bonchev–Trinajstić information content (AvgIpc) is 2.75. The van der Waals surface area contributed by atoms with Crippen molar-refractivity contribution in [1.29, 1.82) is 0 Å². The van der Waals surface area contributed by atoms with Crippen LogP contribution in [-0.2, 0) is 19.6 Å². The third kappa shape index (κ3) is 6.19. The van der Waals surface area contributed by atoms with Gasteiger partial charge in [-0.05, 0) is 36.4 Å². The van der Waals surface area contributed by atoms with Gasteiger partial charge in [0.05, 0.1) is 22.1 Å². The van der Waals surface area contributed by atoms with Crippen molar-refractivity contribution >= 4 is 50.9 Å². The molecule has 0 saturated carbocycles. The summed E-state index contributed by atoms with van der Waals surface area (Å²) < 4.78 is 40.3. The number of hydrogen-bond donors (Lipinski definition) is 1. The zero-order chi connectivity index (χ0) is 22.4. The molecule has 2 aromatic carbocycles. The Morgan fingerprint density at radius 3 is 2.29 bits per heavy atom. The van der Waals surface area contributed by atoms with E-state index in [0.29, 0.717) is 5.02 Å². The molecule has 3 rings (SSSR count). The van der Waals surface area contributed by atoms with Crippen molar-refractivity contribution in [1.82, 2.24) is 9.21 Å². The van der Waals surface area contributed by atoms with Gasteiger partial charge in [0.25, 0.3) is 0 Å². The summed E-state index contributed by atoms with van der Waals surface area (Å²) in [5.41, 5.74) is 0.0949. The number of sulfonamides is 1. The quantitative estimate of drug-likeness (QED) is 0.651. The van der Waals surface area contributed by atoms with Crippen molar-refractivity contribution in [2.45, 2.75) is 4.90 Å².